The Morgan fingerprint density at radius 2 is 1.71 bits per heavy atom. The van der Waals surface area contributed by atoms with Crippen LogP contribution >= 0.6 is 11.6 Å². The number of benzene rings is 1. The second-order valence-corrected chi connectivity index (χ2v) is 4.07. The van der Waals surface area contributed by atoms with E-state index in [-0.39, 0.29) is 11.7 Å². The first kappa shape index (κ1) is 11.8. The lowest BCUT2D eigenvalue weighted by atomic mass is 10.1. The number of alkyl halides is 1. The van der Waals surface area contributed by atoms with Gasteiger partial charge in [-0.25, -0.2) is 0 Å². The molecular formula is C12H10ClNO3. The quantitative estimate of drug-likeness (QED) is 0.604. The Bertz CT molecular complexity index is 477. The molecule has 1 atom stereocenters. The van der Waals surface area contributed by atoms with Crippen LogP contribution in [0.25, 0.3) is 0 Å². The Hall–Kier alpha value is -1.68. The van der Waals surface area contributed by atoms with E-state index in [0.717, 1.165) is 4.90 Å². The summed E-state index contributed by atoms with van der Waals surface area (Å²) in [4.78, 5) is 36.4. The van der Waals surface area contributed by atoms with Gasteiger partial charge in [0.1, 0.15) is 0 Å². The number of fused-ring (bicyclic) bond motifs is 1. The van der Waals surface area contributed by atoms with Gasteiger partial charge in [0.05, 0.1) is 23.0 Å². The number of carbonyl (C=O) groups excluding carboxylic acids is 3. The van der Waals surface area contributed by atoms with E-state index < -0.39 is 17.9 Å². The Balaban J connectivity index is 2.40. The molecule has 0 saturated heterocycles. The van der Waals surface area contributed by atoms with Crippen molar-refractivity contribution in [2.24, 2.45) is 0 Å². The molecule has 0 saturated carbocycles. The summed E-state index contributed by atoms with van der Waals surface area (Å²) in [5.74, 6) is -1.43. The summed E-state index contributed by atoms with van der Waals surface area (Å²) in [5, 5.41) is 0. The van der Waals surface area contributed by atoms with Crippen molar-refractivity contribution in [3.05, 3.63) is 35.4 Å². The third kappa shape index (κ3) is 1.74. The standard InChI is InChI=1S/C12H10ClNO3/c1-7(10(15)6-13)14-11(16)8-4-2-3-5-9(8)12(14)17/h2-5,7H,6H2,1H3/t7-/m1/s1. The molecule has 2 rings (SSSR count). The summed E-state index contributed by atoms with van der Waals surface area (Å²) < 4.78 is 0. The predicted molar refractivity (Wildman–Crippen MR) is 62.1 cm³/mol. The molecule has 1 aliphatic rings. The van der Waals surface area contributed by atoms with Gasteiger partial charge in [-0.1, -0.05) is 12.1 Å². The number of hydrogen-bond donors (Lipinski definition) is 0. The van der Waals surface area contributed by atoms with E-state index in [9.17, 15) is 14.4 Å². The minimum atomic E-state index is -0.820. The largest absolute Gasteiger partial charge is 0.296 e. The highest BCUT2D eigenvalue weighted by Crippen LogP contribution is 2.24. The fourth-order valence-electron chi connectivity index (χ4n) is 1.82. The molecule has 1 heterocycles. The number of hydrogen-bond acceptors (Lipinski definition) is 3. The van der Waals surface area contributed by atoms with E-state index in [2.05, 4.69) is 0 Å². The van der Waals surface area contributed by atoms with Gasteiger partial charge < -0.3 is 0 Å². The van der Waals surface area contributed by atoms with E-state index in [1.807, 2.05) is 0 Å². The van der Waals surface area contributed by atoms with Crippen molar-refractivity contribution in [1.29, 1.82) is 0 Å². The smallest absolute Gasteiger partial charge is 0.262 e. The maximum atomic E-state index is 12.0. The van der Waals surface area contributed by atoms with Crippen LogP contribution in [0.15, 0.2) is 24.3 Å². The van der Waals surface area contributed by atoms with Gasteiger partial charge in [0, 0.05) is 0 Å². The van der Waals surface area contributed by atoms with E-state index in [1.165, 1.54) is 6.92 Å². The fraction of sp³-hybridized carbons (Fsp3) is 0.250. The van der Waals surface area contributed by atoms with Gasteiger partial charge in [0.25, 0.3) is 11.8 Å². The summed E-state index contributed by atoms with van der Waals surface area (Å²) in [5.41, 5.74) is 0.679. The minimum Gasteiger partial charge on any atom is -0.296 e. The predicted octanol–water partition coefficient (Wildman–Crippen LogP) is 1.48. The molecule has 0 N–H and O–H groups in total. The van der Waals surface area contributed by atoms with E-state index >= 15 is 0 Å². The molecule has 0 bridgehead atoms. The highest BCUT2D eigenvalue weighted by Gasteiger charge is 2.40. The number of imide groups is 1. The van der Waals surface area contributed by atoms with E-state index in [4.69, 9.17) is 11.6 Å². The number of Topliss-reactive ketones (excluding diaryl/α,β-unsaturated/α-hetero) is 1. The molecule has 17 heavy (non-hydrogen) atoms. The summed E-state index contributed by atoms with van der Waals surface area (Å²) in [6.07, 6.45) is 0. The van der Waals surface area contributed by atoms with Crippen molar-refractivity contribution >= 4 is 29.2 Å². The Morgan fingerprint density at radius 1 is 1.24 bits per heavy atom. The van der Waals surface area contributed by atoms with E-state index in [1.54, 1.807) is 24.3 Å². The number of nitrogens with zero attached hydrogens (tertiary/aromatic N) is 1. The highest BCUT2D eigenvalue weighted by molar-refractivity contribution is 6.30. The van der Waals surface area contributed by atoms with Crippen LogP contribution in [0.3, 0.4) is 0 Å². The molecule has 1 aromatic rings. The molecule has 1 aromatic carbocycles. The van der Waals surface area contributed by atoms with Gasteiger partial charge in [0.15, 0.2) is 5.78 Å². The third-order valence-electron chi connectivity index (χ3n) is 2.81. The number of amides is 2. The van der Waals surface area contributed by atoms with Crippen molar-refractivity contribution in [3.8, 4) is 0 Å². The normalized spacial score (nSPS) is 16.0. The number of halogens is 1. The molecule has 0 radical (unpaired) electrons. The first-order valence-electron chi connectivity index (χ1n) is 5.13. The van der Waals surface area contributed by atoms with Crippen LogP contribution in [-0.2, 0) is 4.79 Å². The lowest BCUT2D eigenvalue weighted by molar-refractivity contribution is -0.120. The summed E-state index contributed by atoms with van der Waals surface area (Å²) in [6, 6.07) is 5.70. The van der Waals surface area contributed by atoms with Crippen LogP contribution < -0.4 is 0 Å². The summed E-state index contributed by atoms with van der Waals surface area (Å²) >= 11 is 5.43. The zero-order valence-corrected chi connectivity index (χ0v) is 9.90. The molecule has 0 aliphatic carbocycles. The van der Waals surface area contributed by atoms with Gasteiger partial charge in [-0.2, -0.15) is 0 Å². The molecule has 4 nitrogen and oxygen atoms in total. The fourth-order valence-corrected chi connectivity index (χ4v) is 2.04. The first-order valence-corrected chi connectivity index (χ1v) is 5.67. The molecule has 0 spiro atoms. The Morgan fingerprint density at radius 3 is 2.12 bits per heavy atom. The molecule has 5 heteroatoms. The number of rotatable bonds is 3. The van der Waals surface area contributed by atoms with Gasteiger partial charge in [-0.15, -0.1) is 11.6 Å². The van der Waals surface area contributed by atoms with Crippen LogP contribution in [0.2, 0.25) is 0 Å². The molecule has 1 aliphatic heterocycles. The Kier molecular flexibility index (Phi) is 2.98. The minimum absolute atomic E-state index is 0.214. The molecular weight excluding hydrogens is 242 g/mol. The molecule has 88 valence electrons. The molecule has 0 fully saturated rings. The molecule has 0 unspecified atom stereocenters. The van der Waals surface area contributed by atoms with Crippen molar-refractivity contribution in [3.63, 3.8) is 0 Å². The topological polar surface area (TPSA) is 54.5 Å². The van der Waals surface area contributed by atoms with Crippen LogP contribution in [-0.4, -0.2) is 34.4 Å². The molecule has 2 amide bonds. The van der Waals surface area contributed by atoms with Gasteiger partial charge in [-0.05, 0) is 19.1 Å². The highest BCUT2D eigenvalue weighted by atomic mass is 35.5. The van der Waals surface area contributed by atoms with Gasteiger partial charge in [0.2, 0.25) is 0 Å². The lowest BCUT2D eigenvalue weighted by Crippen LogP contribution is -2.43. The summed E-state index contributed by atoms with van der Waals surface area (Å²) in [6.45, 7) is 1.51. The average Bonchev–Trinajstić information content (AvgIpc) is 2.61. The second-order valence-electron chi connectivity index (χ2n) is 3.80. The monoisotopic (exact) mass is 251 g/mol. The first-order chi connectivity index (χ1) is 8.07. The van der Waals surface area contributed by atoms with Crippen molar-refractivity contribution in [1.82, 2.24) is 4.90 Å². The van der Waals surface area contributed by atoms with Crippen LogP contribution in [0.5, 0.6) is 0 Å². The lowest BCUT2D eigenvalue weighted by Gasteiger charge is -2.20. The molecule has 0 aromatic heterocycles. The van der Waals surface area contributed by atoms with E-state index in [0.29, 0.717) is 11.1 Å². The maximum Gasteiger partial charge on any atom is 0.262 e. The number of ketones is 1. The zero-order valence-electron chi connectivity index (χ0n) is 9.14. The summed E-state index contributed by atoms with van der Waals surface area (Å²) in [7, 11) is 0. The van der Waals surface area contributed by atoms with Crippen LogP contribution in [0.4, 0.5) is 0 Å². The maximum absolute atomic E-state index is 12.0. The van der Waals surface area contributed by atoms with Gasteiger partial charge >= 0.3 is 0 Å². The second kappa shape index (κ2) is 4.30. The van der Waals surface area contributed by atoms with Gasteiger partial charge in [-0.3, -0.25) is 19.3 Å². The van der Waals surface area contributed by atoms with Crippen molar-refractivity contribution in [2.75, 3.05) is 5.88 Å². The third-order valence-corrected chi connectivity index (χ3v) is 3.07. The SMILES string of the molecule is C[C@H](C(=O)CCl)N1C(=O)c2ccccc2C1=O. The van der Waals surface area contributed by atoms with Crippen LogP contribution in [0.1, 0.15) is 27.6 Å². The zero-order chi connectivity index (χ0) is 12.6. The Labute approximate surface area is 103 Å². The van der Waals surface area contributed by atoms with Crippen LogP contribution in [0, 0.1) is 0 Å². The van der Waals surface area contributed by atoms with Crippen molar-refractivity contribution in [2.45, 2.75) is 13.0 Å². The average molecular weight is 252 g/mol. The van der Waals surface area contributed by atoms with Crippen molar-refractivity contribution < 1.29 is 14.4 Å². The number of carbonyl (C=O) groups is 3.